The SMILES string of the molecule is C/C(=N\NC(=O)CSc1nnc(-c2ccccc2)n1-c1ccccc1)c1cccnc1. The number of carbonyl (C=O) groups is 1. The topological polar surface area (TPSA) is 85.1 Å². The highest BCUT2D eigenvalue weighted by atomic mass is 32.2. The molecular formula is C23H20N6OS. The van der Waals surface area contributed by atoms with Gasteiger partial charge < -0.3 is 0 Å². The van der Waals surface area contributed by atoms with E-state index in [1.54, 1.807) is 12.4 Å². The van der Waals surface area contributed by atoms with Crippen LogP contribution in [0, 0.1) is 0 Å². The Bertz CT molecular complexity index is 1180. The van der Waals surface area contributed by atoms with Gasteiger partial charge in [0.1, 0.15) is 0 Å². The number of nitrogens with one attached hydrogen (secondary N) is 1. The summed E-state index contributed by atoms with van der Waals surface area (Å²) < 4.78 is 1.96. The normalized spacial score (nSPS) is 11.3. The Morgan fingerprint density at radius 2 is 1.74 bits per heavy atom. The van der Waals surface area contributed by atoms with Gasteiger partial charge in [-0.05, 0) is 25.1 Å². The highest BCUT2D eigenvalue weighted by molar-refractivity contribution is 7.99. The number of para-hydroxylation sites is 1. The number of hydrazone groups is 1. The van der Waals surface area contributed by atoms with E-state index < -0.39 is 0 Å². The Labute approximate surface area is 184 Å². The first-order valence-corrected chi connectivity index (χ1v) is 10.6. The summed E-state index contributed by atoms with van der Waals surface area (Å²) in [6.07, 6.45) is 3.39. The molecule has 0 bridgehead atoms. The molecule has 0 radical (unpaired) electrons. The van der Waals surface area contributed by atoms with Gasteiger partial charge in [0.25, 0.3) is 5.91 Å². The van der Waals surface area contributed by atoms with Gasteiger partial charge in [0.15, 0.2) is 11.0 Å². The van der Waals surface area contributed by atoms with Gasteiger partial charge in [-0.25, -0.2) is 5.43 Å². The summed E-state index contributed by atoms with van der Waals surface area (Å²) in [6.45, 7) is 1.82. The number of hydrogen-bond donors (Lipinski definition) is 1. The maximum absolute atomic E-state index is 12.4. The maximum Gasteiger partial charge on any atom is 0.250 e. The van der Waals surface area contributed by atoms with Crippen LogP contribution < -0.4 is 5.43 Å². The molecule has 2 aromatic carbocycles. The second kappa shape index (κ2) is 9.82. The van der Waals surface area contributed by atoms with Crippen LogP contribution in [0.15, 0.2) is 95.4 Å². The largest absolute Gasteiger partial charge is 0.272 e. The third-order valence-corrected chi connectivity index (χ3v) is 5.37. The third kappa shape index (κ3) is 5.04. The van der Waals surface area contributed by atoms with Gasteiger partial charge in [-0.3, -0.25) is 14.3 Å². The first kappa shape index (κ1) is 20.5. The van der Waals surface area contributed by atoms with Gasteiger partial charge in [-0.2, -0.15) is 5.10 Å². The molecule has 0 atom stereocenters. The predicted molar refractivity (Wildman–Crippen MR) is 122 cm³/mol. The minimum Gasteiger partial charge on any atom is -0.272 e. The Morgan fingerprint density at radius 1 is 1.00 bits per heavy atom. The van der Waals surface area contributed by atoms with Crippen molar-refractivity contribution in [3.05, 3.63) is 90.8 Å². The summed E-state index contributed by atoms with van der Waals surface area (Å²) in [5.74, 6) is 0.654. The molecular weight excluding hydrogens is 408 g/mol. The van der Waals surface area contributed by atoms with Crippen molar-refractivity contribution in [2.45, 2.75) is 12.1 Å². The Hall–Kier alpha value is -3.78. The molecule has 0 fully saturated rings. The number of nitrogens with zero attached hydrogens (tertiary/aromatic N) is 5. The fraction of sp³-hybridized carbons (Fsp3) is 0.0870. The van der Waals surface area contributed by atoms with Crippen LogP contribution in [0.2, 0.25) is 0 Å². The second-order valence-corrected chi connectivity index (χ2v) is 7.55. The number of rotatable bonds is 7. The quantitative estimate of drug-likeness (QED) is 0.274. The van der Waals surface area contributed by atoms with Crippen LogP contribution in [-0.4, -0.2) is 37.1 Å². The lowest BCUT2D eigenvalue weighted by molar-refractivity contribution is -0.118. The molecule has 31 heavy (non-hydrogen) atoms. The van der Waals surface area contributed by atoms with Gasteiger partial charge in [0, 0.05) is 29.2 Å². The lowest BCUT2D eigenvalue weighted by Crippen LogP contribution is -2.21. The molecule has 8 heteroatoms. The molecule has 0 spiro atoms. The highest BCUT2D eigenvalue weighted by Crippen LogP contribution is 2.27. The van der Waals surface area contributed by atoms with Gasteiger partial charge >= 0.3 is 0 Å². The molecule has 0 aliphatic carbocycles. The molecule has 0 aliphatic rings. The second-order valence-electron chi connectivity index (χ2n) is 6.61. The monoisotopic (exact) mass is 428 g/mol. The van der Waals surface area contributed by atoms with Crippen LogP contribution in [0.3, 0.4) is 0 Å². The van der Waals surface area contributed by atoms with E-state index in [0.29, 0.717) is 10.9 Å². The van der Waals surface area contributed by atoms with Crippen molar-refractivity contribution >= 4 is 23.4 Å². The number of amides is 1. The van der Waals surface area contributed by atoms with E-state index in [1.807, 2.05) is 84.3 Å². The zero-order chi connectivity index (χ0) is 21.5. The first-order valence-electron chi connectivity index (χ1n) is 9.65. The van der Waals surface area contributed by atoms with Crippen molar-refractivity contribution in [1.29, 1.82) is 0 Å². The summed E-state index contributed by atoms with van der Waals surface area (Å²) in [5.41, 5.74) is 6.01. The Balaban J connectivity index is 1.51. The summed E-state index contributed by atoms with van der Waals surface area (Å²) >= 11 is 1.31. The molecule has 0 unspecified atom stereocenters. The highest BCUT2D eigenvalue weighted by Gasteiger charge is 2.17. The number of pyridine rings is 1. The number of benzene rings is 2. The molecule has 7 nitrogen and oxygen atoms in total. The fourth-order valence-corrected chi connectivity index (χ4v) is 3.64. The predicted octanol–water partition coefficient (Wildman–Crippen LogP) is 3.96. The average molecular weight is 429 g/mol. The standard InChI is InChI=1S/C23H20N6OS/c1-17(19-11-8-14-24-15-19)25-26-21(30)16-31-23-28-27-22(18-9-4-2-5-10-18)29(23)20-12-6-3-7-13-20/h2-15H,16H2,1H3,(H,26,30)/b25-17+. The summed E-state index contributed by atoms with van der Waals surface area (Å²) in [4.78, 5) is 16.4. The van der Waals surface area contributed by atoms with Gasteiger partial charge in [-0.1, -0.05) is 66.4 Å². The molecule has 1 N–H and O–H groups in total. The molecule has 2 heterocycles. The van der Waals surface area contributed by atoms with E-state index in [9.17, 15) is 4.79 Å². The van der Waals surface area contributed by atoms with Gasteiger partial charge in [0.2, 0.25) is 0 Å². The van der Waals surface area contributed by atoms with Crippen LogP contribution in [0.25, 0.3) is 17.1 Å². The lowest BCUT2D eigenvalue weighted by Gasteiger charge is -2.10. The van der Waals surface area contributed by atoms with Gasteiger partial charge in [-0.15, -0.1) is 10.2 Å². The zero-order valence-electron chi connectivity index (χ0n) is 16.8. The average Bonchev–Trinajstić information content (AvgIpc) is 3.27. The third-order valence-electron chi connectivity index (χ3n) is 4.44. The molecule has 4 rings (SSSR count). The molecule has 154 valence electrons. The van der Waals surface area contributed by atoms with Crippen molar-refractivity contribution in [2.24, 2.45) is 5.10 Å². The van der Waals surface area contributed by atoms with E-state index in [-0.39, 0.29) is 11.7 Å². The van der Waals surface area contributed by atoms with Crippen LogP contribution in [0.4, 0.5) is 0 Å². The fourth-order valence-electron chi connectivity index (χ4n) is 2.90. The van der Waals surface area contributed by atoms with E-state index >= 15 is 0 Å². The van der Waals surface area contributed by atoms with Crippen LogP contribution in [-0.2, 0) is 4.79 Å². The van der Waals surface area contributed by atoms with Crippen molar-refractivity contribution in [1.82, 2.24) is 25.2 Å². The molecule has 0 aliphatic heterocycles. The smallest absolute Gasteiger partial charge is 0.250 e. The van der Waals surface area contributed by atoms with Crippen LogP contribution >= 0.6 is 11.8 Å². The minimum atomic E-state index is -0.225. The van der Waals surface area contributed by atoms with Gasteiger partial charge in [0.05, 0.1) is 11.5 Å². The number of carbonyl (C=O) groups excluding carboxylic acids is 1. The molecule has 0 saturated heterocycles. The van der Waals surface area contributed by atoms with E-state index in [0.717, 1.165) is 22.6 Å². The van der Waals surface area contributed by atoms with Crippen molar-refractivity contribution in [2.75, 3.05) is 5.75 Å². The summed E-state index contributed by atoms with van der Waals surface area (Å²) in [6, 6.07) is 23.4. The Morgan fingerprint density at radius 3 is 2.45 bits per heavy atom. The van der Waals surface area contributed by atoms with E-state index in [2.05, 4.69) is 25.7 Å². The van der Waals surface area contributed by atoms with Crippen molar-refractivity contribution in [3.8, 4) is 17.1 Å². The molecule has 2 aromatic heterocycles. The summed E-state index contributed by atoms with van der Waals surface area (Å²) in [5, 5.41) is 13.5. The van der Waals surface area contributed by atoms with Crippen molar-refractivity contribution < 1.29 is 4.79 Å². The number of aromatic nitrogens is 4. The number of hydrogen-bond acceptors (Lipinski definition) is 6. The maximum atomic E-state index is 12.4. The van der Waals surface area contributed by atoms with Crippen molar-refractivity contribution in [3.63, 3.8) is 0 Å². The van der Waals surface area contributed by atoms with E-state index in [4.69, 9.17) is 0 Å². The number of thioether (sulfide) groups is 1. The Kier molecular flexibility index (Phi) is 6.49. The lowest BCUT2D eigenvalue weighted by atomic mass is 10.2. The zero-order valence-corrected chi connectivity index (χ0v) is 17.7. The molecule has 1 amide bonds. The van der Waals surface area contributed by atoms with E-state index in [1.165, 1.54) is 11.8 Å². The minimum absolute atomic E-state index is 0.156. The molecule has 0 saturated carbocycles. The first-order chi connectivity index (χ1) is 15.2. The molecule has 4 aromatic rings. The van der Waals surface area contributed by atoms with Crippen LogP contribution in [0.5, 0.6) is 0 Å². The van der Waals surface area contributed by atoms with Crippen LogP contribution in [0.1, 0.15) is 12.5 Å². The summed E-state index contributed by atoms with van der Waals surface area (Å²) in [7, 11) is 0.